The summed E-state index contributed by atoms with van der Waals surface area (Å²) in [4.78, 5) is 19.5. The Hall–Kier alpha value is -1.94. The molecule has 2 amide bonds. The Kier molecular flexibility index (Phi) is 4.00. The Morgan fingerprint density at radius 1 is 0.783 bits per heavy atom. The summed E-state index contributed by atoms with van der Waals surface area (Å²) in [5, 5.41) is 0. The van der Waals surface area contributed by atoms with Gasteiger partial charge in [-0.1, -0.05) is 48.9 Å². The van der Waals surface area contributed by atoms with E-state index < -0.39 is 0 Å². The number of urea groups is 1. The Morgan fingerprint density at radius 3 is 1.87 bits per heavy atom. The van der Waals surface area contributed by atoms with Crippen LogP contribution >= 0.6 is 11.8 Å². The van der Waals surface area contributed by atoms with Gasteiger partial charge in [0.2, 0.25) is 0 Å². The van der Waals surface area contributed by atoms with Crippen LogP contribution in [0.4, 0.5) is 16.2 Å². The number of hydrogen-bond donors (Lipinski definition) is 0. The fourth-order valence-electron chi connectivity index (χ4n) is 3.31. The van der Waals surface area contributed by atoms with Crippen molar-refractivity contribution in [2.45, 2.75) is 35.5 Å². The molecule has 0 aliphatic carbocycles. The molecule has 0 bridgehead atoms. The molecule has 2 heterocycles. The first kappa shape index (κ1) is 14.6. The highest BCUT2D eigenvalue weighted by Crippen LogP contribution is 2.48. The highest BCUT2D eigenvalue weighted by Gasteiger charge is 2.31. The molecule has 0 N–H and O–H groups in total. The van der Waals surface area contributed by atoms with Crippen LogP contribution in [0.1, 0.15) is 25.7 Å². The largest absolute Gasteiger partial charge is 0.329 e. The van der Waals surface area contributed by atoms with E-state index in [1.807, 2.05) is 46.2 Å². The molecule has 0 radical (unpaired) electrons. The molecule has 1 saturated heterocycles. The number of nitrogens with zero attached hydrogens (tertiary/aromatic N) is 2. The Labute approximate surface area is 141 Å². The monoisotopic (exact) mass is 324 g/mol. The molecule has 0 aromatic heterocycles. The molecule has 1 fully saturated rings. The molecule has 23 heavy (non-hydrogen) atoms. The normalized spacial score (nSPS) is 17.2. The fraction of sp³-hybridized carbons (Fsp3) is 0.316. The minimum absolute atomic E-state index is 0.118. The molecule has 0 saturated carbocycles. The van der Waals surface area contributed by atoms with Crippen LogP contribution in [0.25, 0.3) is 0 Å². The van der Waals surface area contributed by atoms with Crippen LogP contribution in [0.5, 0.6) is 0 Å². The van der Waals surface area contributed by atoms with Gasteiger partial charge in [-0.2, -0.15) is 0 Å². The van der Waals surface area contributed by atoms with E-state index in [1.54, 1.807) is 11.8 Å². The Morgan fingerprint density at radius 2 is 1.30 bits per heavy atom. The van der Waals surface area contributed by atoms with Crippen molar-refractivity contribution >= 4 is 29.2 Å². The number of anilines is 2. The average Bonchev–Trinajstić information content (AvgIpc) is 2.88. The third-order valence-corrected chi connectivity index (χ3v) is 5.63. The summed E-state index contributed by atoms with van der Waals surface area (Å²) < 4.78 is 0. The zero-order chi connectivity index (χ0) is 15.6. The van der Waals surface area contributed by atoms with Gasteiger partial charge in [0.1, 0.15) is 0 Å². The van der Waals surface area contributed by atoms with Crippen molar-refractivity contribution in [2.24, 2.45) is 0 Å². The molecular weight excluding hydrogens is 304 g/mol. The van der Waals surface area contributed by atoms with Crippen LogP contribution in [0, 0.1) is 0 Å². The molecule has 3 nitrogen and oxygen atoms in total. The summed E-state index contributed by atoms with van der Waals surface area (Å²) in [5.74, 6) is 0. The maximum Gasteiger partial charge on any atom is 0.329 e. The molecule has 2 aromatic rings. The van der Waals surface area contributed by atoms with E-state index in [2.05, 4.69) is 12.1 Å². The lowest BCUT2D eigenvalue weighted by atomic mass is 10.2. The van der Waals surface area contributed by atoms with Crippen molar-refractivity contribution in [3.63, 3.8) is 0 Å². The van der Waals surface area contributed by atoms with Gasteiger partial charge in [-0.3, -0.25) is 4.90 Å². The van der Waals surface area contributed by atoms with Crippen molar-refractivity contribution in [3.8, 4) is 0 Å². The smallest absolute Gasteiger partial charge is 0.324 e. The van der Waals surface area contributed by atoms with E-state index in [0.29, 0.717) is 0 Å². The first-order chi connectivity index (χ1) is 11.3. The number of amides is 2. The minimum Gasteiger partial charge on any atom is -0.324 e. The molecule has 118 valence electrons. The second-order valence-corrected chi connectivity index (χ2v) is 7.14. The minimum atomic E-state index is 0.118. The maximum absolute atomic E-state index is 13.3. The number of carbonyl (C=O) groups is 1. The highest BCUT2D eigenvalue weighted by molar-refractivity contribution is 7.99. The standard InChI is InChI=1S/C19H20N2OS/c22-19(20-13-7-1-2-8-14-20)21-15-9-3-5-11-17(15)23-18-12-6-4-10-16(18)21/h3-6,9-12H,1-2,7-8,13-14H2. The number of hydrogen-bond acceptors (Lipinski definition) is 2. The van der Waals surface area contributed by atoms with Crippen LogP contribution in [0.3, 0.4) is 0 Å². The zero-order valence-corrected chi connectivity index (χ0v) is 13.9. The maximum atomic E-state index is 13.3. The summed E-state index contributed by atoms with van der Waals surface area (Å²) in [6.45, 7) is 1.74. The fourth-order valence-corrected chi connectivity index (χ4v) is 4.37. The molecule has 0 spiro atoms. The summed E-state index contributed by atoms with van der Waals surface area (Å²) in [6.07, 6.45) is 4.68. The van der Waals surface area contributed by atoms with E-state index in [1.165, 1.54) is 12.8 Å². The number of fused-ring (bicyclic) bond motifs is 2. The van der Waals surface area contributed by atoms with Gasteiger partial charge in [0.05, 0.1) is 11.4 Å². The third kappa shape index (κ3) is 2.72. The molecule has 0 unspecified atom stereocenters. The predicted octanol–water partition coefficient (Wildman–Crippen LogP) is 5.29. The van der Waals surface area contributed by atoms with Crippen molar-refractivity contribution < 1.29 is 4.79 Å². The molecular formula is C19H20N2OS. The second kappa shape index (κ2) is 6.28. The number of para-hydroxylation sites is 2. The average molecular weight is 324 g/mol. The first-order valence-electron chi connectivity index (χ1n) is 8.29. The number of benzene rings is 2. The number of rotatable bonds is 0. The lowest BCUT2D eigenvalue weighted by Gasteiger charge is -2.34. The van der Waals surface area contributed by atoms with Crippen molar-refractivity contribution in [2.75, 3.05) is 18.0 Å². The van der Waals surface area contributed by atoms with Crippen molar-refractivity contribution in [1.82, 2.24) is 4.90 Å². The van der Waals surface area contributed by atoms with E-state index >= 15 is 0 Å². The van der Waals surface area contributed by atoms with Gasteiger partial charge in [-0.05, 0) is 37.1 Å². The van der Waals surface area contributed by atoms with Crippen LogP contribution in [-0.4, -0.2) is 24.0 Å². The predicted molar refractivity (Wildman–Crippen MR) is 94.6 cm³/mol. The lowest BCUT2D eigenvalue weighted by Crippen LogP contribution is -2.42. The highest BCUT2D eigenvalue weighted by atomic mass is 32.2. The second-order valence-electron chi connectivity index (χ2n) is 6.06. The molecule has 0 atom stereocenters. The molecule has 2 aromatic carbocycles. The Bertz CT molecular complexity index is 677. The van der Waals surface area contributed by atoms with Crippen LogP contribution in [0.15, 0.2) is 58.3 Å². The molecule has 4 heteroatoms. The zero-order valence-electron chi connectivity index (χ0n) is 13.1. The molecule has 2 aliphatic rings. The van der Waals surface area contributed by atoms with Crippen molar-refractivity contribution in [3.05, 3.63) is 48.5 Å². The van der Waals surface area contributed by atoms with Crippen LogP contribution < -0.4 is 4.90 Å². The molecule has 2 aliphatic heterocycles. The first-order valence-corrected chi connectivity index (χ1v) is 9.11. The third-order valence-electron chi connectivity index (χ3n) is 4.50. The van der Waals surface area contributed by atoms with Gasteiger partial charge in [-0.25, -0.2) is 4.79 Å². The van der Waals surface area contributed by atoms with Gasteiger partial charge in [-0.15, -0.1) is 0 Å². The quantitative estimate of drug-likeness (QED) is 0.658. The van der Waals surface area contributed by atoms with Gasteiger partial charge >= 0.3 is 6.03 Å². The van der Waals surface area contributed by atoms with Gasteiger partial charge < -0.3 is 4.90 Å². The Balaban J connectivity index is 1.76. The summed E-state index contributed by atoms with van der Waals surface area (Å²) >= 11 is 1.74. The van der Waals surface area contributed by atoms with Crippen LogP contribution in [0.2, 0.25) is 0 Å². The van der Waals surface area contributed by atoms with Crippen LogP contribution in [-0.2, 0) is 0 Å². The lowest BCUT2D eigenvalue weighted by molar-refractivity contribution is 0.209. The van der Waals surface area contributed by atoms with E-state index in [0.717, 1.165) is 47.1 Å². The van der Waals surface area contributed by atoms with Gasteiger partial charge in [0.15, 0.2) is 0 Å². The summed E-state index contributed by atoms with van der Waals surface area (Å²) in [7, 11) is 0. The topological polar surface area (TPSA) is 23.6 Å². The number of carbonyl (C=O) groups excluding carboxylic acids is 1. The van der Waals surface area contributed by atoms with Gasteiger partial charge in [0, 0.05) is 22.9 Å². The van der Waals surface area contributed by atoms with E-state index in [9.17, 15) is 4.79 Å². The number of likely N-dealkylation sites (tertiary alicyclic amines) is 1. The van der Waals surface area contributed by atoms with Gasteiger partial charge in [0.25, 0.3) is 0 Å². The van der Waals surface area contributed by atoms with E-state index in [-0.39, 0.29) is 6.03 Å². The van der Waals surface area contributed by atoms with Crippen molar-refractivity contribution in [1.29, 1.82) is 0 Å². The molecule has 4 rings (SSSR count). The SMILES string of the molecule is O=C(N1CCCCCC1)N1c2ccccc2Sc2ccccc21. The van der Waals surface area contributed by atoms with E-state index in [4.69, 9.17) is 0 Å². The summed E-state index contributed by atoms with van der Waals surface area (Å²) in [6, 6.07) is 16.5. The summed E-state index contributed by atoms with van der Waals surface area (Å²) in [5.41, 5.74) is 2.01.